The first-order chi connectivity index (χ1) is 12.3. The molecule has 0 spiro atoms. The van der Waals surface area contributed by atoms with Crippen LogP contribution in [0, 0.1) is 0 Å². The van der Waals surface area contributed by atoms with Crippen LogP contribution in [0.2, 0.25) is 0 Å². The number of amidine groups is 1. The Bertz CT molecular complexity index is 841. The Labute approximate surface area is 152 Å². The first kappa shape index (κ1) is 16.2. The standard InChI is InChI=1S/C20H21N3OS/c1-21-20(24)14-9-10-18-16(13-14)22-19(23-11-5-2-6-12-23)15-7-3-4-8-17(15)25-18/h3-4,7-10,13H,2,5-6,11-12H2,1H3,(H,21,24). The van der Waals surface area contributed by atoms with Crippen LogP contribution in [0.1, 0.15) is 35.2 Å². The van der Waals surface area contributed by atoms with E-state index in [9.17, 15) is 4.79 Å². The normalized spacial score (nSPS) is 16.4. The third-order valence-corrected chi connectivity index (χ3v) is 5.82. The molecule has 2 aliphatic rings. The first-order valence-electron chi connectivity index (χ1n) is 8.73. The molecule has 0 atom stereocenters. The lowest BCUT2D eigenvalue weighted by molar-refractivity contribution is 0.0963. The van der Waals surface area contributed by atoms with Crippen LogP contribution in [-0.4, -0.2) is 36.8 Å². The summed E-state index contributed by atoms with van der Waals surface area (Å²) in [5.41, 5.74) is 2.71. The molecule has 2 aliphatic heterocycles. The minimum absolute atomic E-state index is 0.0794. The number of nitrogens with one attached hydrogen (secondary N) is 1. The highest BCUT2D eigenvalue weighted by atomic mass is 32.2. The third-order valence-electron chi connectivity index (χ3n) is 4.68. The van der Waals surface area contributed by atoms with Crippen molar-refractivity contribution in [3.63, 3.8) is 0 Å². The molecular formula is C20H21N3OS. The summed E-state index contributed by atoms with van der Waals surface area (Å²) in [6, 6.07) is 14.2. The van der Waals surface area contributed by atoms with Crippen molar-refractivity contribution < 1.29 is 4.79 Å². The molecule has 5 heteroatoms. The van der Waals surface area contributed by atoms with Gasteiger partial charge in [0.15, 0.2) is 0 Å². The molecule has 0 bridgehead atoms. The molecule has 128 valence electrons. The minimum Gasteiger partial charge on any atom is -0.356 e. The van der Waals surface area contributed by atoms with Crippen LogP contribution >= 0.6 is 11.8 Å². The number of hydrogen-bond acceptors (Lipinski definition) is 4. The first-order valence-corrected chi connectivity index (χ1v) is 9.55. The molecule has 4 rings (SSSR count). The molecule has 1 N–H and O–H groups in total. The Balaban J connectivity index is 1.84. The summed E-state index contributed by atoms with van der Waals surface area (Å²) in [6.07, 6.45) is 3.70. The van der Waals surface area contributed by atoms with E-state index in [4.69, 9.17) is 4.99 Å². The summed E-state index contributed by atoms with van der Waals surface area (Å²) < 4.78 is 0. The second-order valence-corrected chi connectivity index (χ2v) is 7.43. The number of carbonyl (C=O) groups is 1. The van der Waals surface area contributed by atoms with Gasteiger partial charge in [0.2, 0.25) is 0 Å². The van der Waals surface area contributed by atoms with Gasteiger partial charge in [-0.05, 0) is 43.5 Å². The Kier molecular flexibility index (Phi) is 4.49. The zero-order chi connectivity index (χ0) is 17.2. The van der Waals surface area contributed by atoms with Gasteiger partial charge >= 0.3 is 0 Å². The monoisotopic (exact) mass is 351 g/mol. The van der Waals surface area contributed by atoms with Gasteiger partial charge in [0.05, 0.1) is 5.69 Å². The number of rotatable bonds is 1. The van der Waals surface area contributed by atoms with Crippen molar-refractivity contribution >= 4 is 29.2 Å². The Morgan fingerprint density at radius 3 is 2.68 bits per heavy atom. The van der Waals surface area contributed by atoms with E-state index in [2.05, 4.69) is 34.5 Å². The summed E-state index contributed by atoms with van der Waals surface area (Å²) in [5, 5.41) is 2.69. The highest BCUT2D eigenvalue weighted by molar-refractivity contribution is 7.99. The lowest BCUT2D eigenvalue weighted by Gasteiger charge is -2.30. The van der Waals surface area contributed by atoms with Crippen LogP contribution < -0.4 is 5.32 Å². The van der Waals surface area contributed by atoms with E-state index in [1.165, 1.54) is 29.7 Å². The zero-order valence-electron chi connectivity index (χ0n) is 14.3. The molecule has 0 radical (unpaired) electrons. The minimum atomic E-state index is -0.0794. The van der Waals surface area contributed by atoms with Gasteiger partial charge in [-0.2, -0.15) is 0 Å². The zero-order valence-corrected chi connectivity index (χ0v) is 15.1. The van der Waals surface area contributed by atoms with Gasteiger partial charge in [-0.25, -0.2) is 4.99 Å². The molecular weight excluding hydrogens is 330 g/mol. The van der Waals surface area contributed by atoms with Crippen LogP contribution in [0.25, 0.3) is 0 Å². The molecule has 25 heavy (non-hydrogen) atoms. The molecule has 1 saturated heterocycles. The summed E-state index contributed by atoms with van der Waals surface area (Å²) >= 11 is 1.73. The maximum Gasteiger partial charge on any atom is 0.251 e. The molecule has 4 nitrogen and oxygen atoms in total. The van der Waals surface area contributed by atoms with Gasteiger partial charge in [-0.1, -0.05) is 30.0 Å². The van der Waals surface area contributed by atoms with Gasteiger partial charge in [0.25, 0.3) is 5.91 Å². The topological polar surface area (TPSA) is 44.7 Å². The van der Waals surface area contributed by atoms with Crippen molar-refractivity contribution in [2.24, 2.45) is 4.99 Å². The number of likely N-dealkylation sites (tertiary alicyclic amines) is 1. The number of nitrogens with zero attached hydrogens (tertiary/aromatic N) is 2. The lowest BCUT2D eigenvalue weighted by Crippen LogP contribution is -2.36. The smallest absolute Gasteiger partial charge is 0.251 e. The number of hydrogen-bond donors (Lipinski definition) is 1. The fraction of sp³-hybridized carbons (Fsp3) is 0.300. The van der Waals surface area contributed by atoms with Gasteiger partial charge in [0.1, 0.15) is 5.84 Å². The molecule has 0 unspecified atom stereocenters. The largest absolute Gasteiger partial charge is 0.356 e. The summed E-state index contributed by atoms with van der Waals surface area (Å²) in [4.78, 5) is 21.7. The maximum atomic E-state index is 12.0. The highest BCUT2D eigenvalue weighted by Crippen LogP contribution is 2.41. The highest BCUT2D eigenvalue weighted by Gasteiger charge is 2.23. The van der Waals surface area contributed by atoms with Crippen molar-refractivity contribution in [2.45, 2.75) is 29.1 Å². The molecule has 1 amide bonds. The second-order valence-electron chi connectivity index (χ2n) is 6.34. The number of benzene rings is 2. The van der Waals surface area contributed by atoms with Gasteiger partial charge in [-0.15, -0.1) is 0 Å². The van der Waals surface area contributed by atoms with Crippen molar-refractivity contribution in [1.82, 2.24) is 10.2 Å². The number of piperidine rings is 1. The average Bonchev–Trinajstić information content (AvgIpc) is 2.84. The van der Waals surface area contributed by atoms with E-state index in [0.29, 0.717) is 5.56 Å². The van der Waals surface area contributed by atoms with E-state index in [0.717, 1.165) is 29.5 Å². The Morgan fingerprint density at radius 2 is 1.88 bits per heavy atom. The van der Waals surface area contributed by atoms with Gasteiger partial charge in [0, 0.05) is 41.1 Å². The van der Waals surface area contributed by atoms with E-state index in [1.54, 1.807) is 18.8 Å². The van der Waals surface area contributed by atoms with E-state index >= 15 is 0 Å². The fourth-order valence-electron chi connectivity index (χ4n) is 3.36. The van der Waals surface area contributed by atoms with Gasteiger partial charge in [-0.3, -0.25) is 4.79 Å². The molecule has 2 aromatic carbocycles. The Hall–Kier alpha value is -2.27. The average molecular weight is 351 g/mol. The molecule has 0 aromatic heterocycles. The Morgan fingerprint density at radius 1 is 1.08 bits per heavy atom. The number of fused-ring (bicyclic) bond motifs is 2. The van der Waals surface area contributed by atoms with Crippen LogP contribution in [0.15, 0.2) is 57.2 Å². The molecule has 0 aliphatic carbocycles. The van der Waals surface area contributed by atoms with Crippen LogP contribution in [-0.2, 0) is 0 Å². The third kappa shape index (κ3) is 3.16. The van der Waals surface area contributed by atoms with Gasteiger partial charge < -0.3 is 10.2 Å². The number of amides is 1. The second kappa shape index (κ2) is 6.92. The van der Waals surface area contributed by atoms with Crippen LogP contribution in [0.3, 0.4) is 0 Å². The number of carbonyl (C=O) groups excluding carboxylic acids is 1. The lowest BCUT2D eigenvalue weighted by atomic mass is 10.1. The predicted molar refractivity (Wildman–Crippen MR) is 102 cm³/mol. The van der Waals surface area contributed by atoms with Crippen molar-refractivity contribution in [3.8, 4) is 0 Å². The molecule has 2 aromatic rings. The van der Waals surface area contributed by atoms with Crippen molar-refractivity contribution in [3.05, 3.63) is 53.6 Å². The number of aliphatic imine (C=N–C) groups is 1. The van der Waals surface area contributed by atoms with Crippen LogP contribution in [0.4, 0.5) is 5.69 Å². The summed E-state index contributed by atoms with van der Waals surface area (Å²) in [5.74, 6) is 0.958. The molecule has 1 fully saturated rings. The van der Waals surface area contributed by atoms with Crippen molar-refractivity contribution in [2.75, 3.05) is 20.1 Å². The molecule has 2 heterocycles. The summed E-state index contributed by atoms with van der Waals surface area (Å²) in [7, 11) is 1.65. The molecule has 0 saturated carbocycles. The maximum absolute atomic E-state index is 12.0. The van der Waals surface area contributed by atoms with E-state index < -0.39 is 0 Å². The fourth-order valence-corrected chi connectivity index (χ4v) is 4.35. The quantitative estimate of drug-likeness (QED) is 0.842. The van der Waals surface area contributed by atoms with Crippen molar-refractivity contribution in [1.29, 1.82) is 0 Å². The van der Waals surface area contributed by atoms with E-state index in [-0.39, 0.29) is 5.91 Å². The summed E-state index contributed by atoms with van der Waals surface area (Å²) in [6.45, 7) is 2.09. The van der Waals surface area contributed by atoms with Crippen LogP contribution in [0.5, 0.6) is 0 Å². The predicted octanol–water partition coefficient (Wildman–Crippen LogP) is 4.08. The van der Waals surface area contributed by atoms with E-state index in [1.807, 2.05) is 18.2 Å². The SMILES string of the molecule is CNC(=O)c1ccc2c(c1)N=C(N1CCCCC1)c1ccccc1S2.